The van der Waals surface area contributed by atoms with E-state index in [0.29, 0.717) is 9.18 Å². The number of aliphatic hydroxyl groups is 1. The van der Waals surface area contributed by atoms with Crippen LogP contribution in [-0.4, -0.2) is 31.8 Å². The molecule has 0 bridgehead atoms. The molecule has 0 spiro atoms. The topological polar surface area (TPSA) is 85.9 Å². The highest BCUT2D eigenvalue weighted by atomic mass is 31.0. The van der Waals surface area contributed by atoms with E-state index in [2.05, 4.69) is 0 Å². The minimum absolute atomic E-state index is 0. The minimum atomic E-state index is 0. The molecule has 17 heavy (non-hydrogen) atoms. The van der Waals surface area contributed by atoms with Crippen LogP contribution >= 0.6 is 9.18 Å². The zero-order chi connectivity index (χ0) is 11.4. The first-order valence-corrected chi connectivity index (χ1v) is 4.36. The van der Waals surface area contributed by atoms with Crippen LogP contribution in [0.5, 0.6) is 0 Å². The van der Waals surface area contributed by atoms with Crippen LogP contribution in [0.15, 0.2) is 0 Å². The van der Waals surface area contributed by atoms with Gasteiger partial charge in [-0.1, -0.05) is 71.5 Å². The molecule has 0 amide bonds. The molecule has 120 valence electrons. The fourth-order valence-electron chi connectivity index (χ4n) is 0. The third-order valence-corrected chi connectivity index (χ3v) is 0. The van der Waals surface area contributed by atoms with E-state index in [0.717, 1.165) is 7.11 Å². The lowest BCUT2D eigenvalue weighted by Crippen LogP contribution is -1.25. The van der Waals surface area contributed by atoms with Crippen LogP contribution in [0.3, 0.4) is 0 Å². The summed E-state index contributed by atoms with van der Waals surface area (Å²) in [5.74, 6) is 0. The molecule has 4 nitrogen and oxygen atoms in total. The maximum absolute atomic E-state index is 8.12. The summed E-state index contributed by atoms with van der Waals surface area (Å²) in [5, 5.41) is 7.00. The number of hydrogen-bond donors (Lipinski definition) is 1. The fraction of sp³-hybridized carbons (Fsp3) is 0.917. The van der Waals surface area contributed by atoms with Crippen molar-refractivity contribution in [1.82, 2.24) is 0 Å². The quantitative estimate of drug-likeness (QED) is 0.684. The van der Waals surface area contributed by atoms with Crippen molar-refractivity contribution in [3.8, 4) is 0 Å². The van der Waals surface area contributed by atoms with Gasteiger partial charge in [0.2, 0.25) is 0 Å². The van der Waals surface area contributed by atoms with Crippen LogP contribution in [0.25, 0.3) is 0 Å². The Morgan fingerprint density at radius 3 is 0.882 bits per heavy atom. The van der Waals surface area contributed by atoms with Crippen LogP contribution in [0.2, 0.25) is 0 Å². The van der Waals surface area contributed by atoms with E-state index in [9.17, 15) is 0 Å². The van der Waals surface area contributed by atoms with E-state index in [4.69, 9.17) is 16.0 Å². The van der Waals surface area contributed by atoms with E-state index < -0.39 is 0 Å². The molecule has 0 aromatic heterocycles. The van der Waals surface area contributed by atoms with Crippen LogP contribution in [0.4, 0.5) is 0 Å². The molecule has 1 atom stereocenters. The predicted octanol–water partition coefficient (Wildman–Crippen LogP) is 3.92. The van der Waals surface area contributed by atoms with E-state index in [1.807, 2.05) is 34.4 Å². The molecule has 0 saturated carbocycles. The lowest BCUT2D eigenvalue weighted by atomic mass is 11.0. The summed E-state index contributed by atoms with van der Waals surface area (Å²) >= 11 is 0. The number of aliphatic hydroxyl groups excluding tert-OH is 1. The van der Waals surface area contributed by atoms with Gasteiger partial charge in [-0.3, -0.25) is 0 Å². The van der Waals surface area contributed by atoms with Crippen molar-refractivity contribution >= 4 is 15.3 Å². The molecule has 0 saturated heterocycles. The van der Waals surface area contributed by atoms with Crippen molar-refractivity contribution in [3.63, 3.8) is 0 Å². The molecular formula is C12H43O4P. The lowest BCUT2D eigenvalue weighted by Gasteiger charge is -1.21. The van der Waals surface area contributed by atoms with Gasteiger partial charge >= 0.3 is 6.15 Å². The second kappa shape index (κ2) is 6400. The highest BCUT2D eigenvalue weighted by molar-refractivity contribution is 7.15. The summed E-state index contributed by atoms with van der Waals surface area (Å²) in [7, 11) is 1.33. The first-order chi connectivity index (χ1) is 5.83. The molecule has 0 fully saturated rings. The van der Waals surface area contributed by atoms with Gasteiger partial charge in [0.25, 0.3) is 0 Å². The smallest absolute Gasteiger partial charge is 0.373 e. The summed E-state index contributed by atoms with van der Waals surface area (Å²) in [6.45, 7) is 9.82. The molecule has 0 aliphatic carbocycles. The second-order valence-electron chi connectivity index (χ2n) is 0.0833. The van der Waals surface area contributed by atoms with Crippen LogP contribution in [0.1, 0.15) is 64.8 Å². The van der Waals surface area contributed by atoms with Gasteiger partial charge in [-0.25, -0.2) is 0 Å². The lowest BCUT2D eigenvalue weighted by molar-refractivity contribution is -0.191. The standard InChI is InChI=1S/2C2H6.CO2.CH4O.CH5P.5CH4.H2O/c2*1-2;2-1-3;2*1-2;;;;;;/h2*1-2H3;;2H,1H3;2H2,1H3;5*1H4;1H2/i;;;;2T;;;;;;. The fourth-order valence-corrected chi connectivity index (χ4v) is 0. The maximum Gasteiger partial charge on any atom is 0.373 e. The Labute approximate surface area is 116 Å². The van der Waals surface area contributed by atoms with Crippen molar-refractivity contribution in [1.29, 1.82) is 1.28 Å². The number of rotatable bonds is 0. The molecule has 0 radical (unpaired) electrons. The Bertz CT molecular complexity index is 53.3. The summed E-state index contributed by atoms with van der Waals surface area (Å²) < 4.78 is 6.24. The average molecular weight is 284 g/mol. The Kier molecular flexibility index (Phi) is 34400. The minimum Gasteiger partial charge on any atom is -0.412 e. The van der Waals surface area contributed by atoms with Crippen molar-refractivity contribution in [3.05, 3.63) is 0 Å². The van der Waals surface area contributed by atoms with Crippen molar-refractivity contribution in [2.75, 3.05) is 13.8 Å². The Balaban J connectivity index is -0.00000000353. The molecule has 3 N–H and O–H groups in total. The normalized spacial score (nSPS) is 3.35. The summed E-state index contributed by atoms with van der Waals surface area (Å²) in [4.78, 5) is 16.2. The van der Waals surface area contributed by atoms with E-state index in [1.54, 1.807) is 0 Å². The molecule has 0 aliphatic heterocycles. The van der Waals surface area contributed by atoms with Gasteiger partial charge in [0, 0.05) is 7.11 Å². The van der Waals surface area contributed by atoms with E-state index in [1.165, 1.54) is 0 Å². The molecule has 5 heteroatoms. The molecule has 0 aromatic rings. The molecule has 0 aliphatic rings. The van der Waals surface area contributed by atoms with Gasteiger partial charge in [-0.15, -0.1) is 9.18 Å². The number of hydrogen-bond acceptors (Lipinski definition) is 3. The summed E-state index contributed by atoms with van der Waals surface area (Å²) in [5.41, 5.74) is 0. The van der Waals surface area contributed by atoms with Gasteiger partial charge in [0.1, 0.15) is 0 Å². The number of carbonyl (C=O) groups excluding carboxylic acids is 2. The Hall–Kier alpha value is -0.270. The van der Waals surface area contributed by atoms with Gasteiger partial charge in [0.05, 0.1) is 1.28 Å². The SMILES string of the molecule is C.C.C.C.C.CC.CC.CO.O.O=C=O.[3H]PC. The molecule has 0 rings (SSSR count). The van der Waals surface area contributed by atoms with Crippen LogP contribution in [0, 0.1) is 0 Å². The van der Waals surface area contributed by atoms with Gasteiger partial charge in [0.15, 0.2) is 0 Å². The maximum atomic E-state index is 8.12. The monoisotopic (exact) mass is 284 g/mol. The third-order valence-electron chi connectivity index (χ3n) is 0. The average Bonchev–Trinajstić information content (AvgIpc) is 2.16. The highest BCUT2D eigenvalue weighted by Crippen LogP contribution is 1.46. The van der Waals surface area contributed by atoms with Crippen LogP contribution in [-0.2, 0) is 9.59 Å². The van der Waals surface area contributed by atoms with Crippen LogP contribution < -0.4 is 0 Å². The molecule has 0 aromatic carbocycles. The van der Waals surface area contributed by atoms with Gasteiger partial charge < -0.3 is 10.6 Å². The molecular weight excluding hydrogens is 239 g/mol. The molecule has 0 heterocycles. The summed E-state index contributed by atoms with van der Waals surface area (Å²) in [6.07, 6.45) is 0.250. The van der Waals surface area contributed by atoms with Gasteiger partial charge in [-0.05, 0) is 0 Å². The predicted molar refractivity (Wildman–Crippen MR) is 88.7 cm³/mol. The van der Waals surface area contributed by atoms with E-state index in [-0.39, 0.29) is 48.8 Å². The Morgan fingerprint density at radius 1 is 0.882 bits per heavy atom. The zero-order valence-corrected chi connectivity index (χ0v) is 9.76. The Morgan fingerprint density at radius 2 is 0.882 bits per heavy atom. The first-order valence-electron chi connectivity index (χ1n) is 3.86. The zero-order valence-electron chi connectivity index (χ0n) is 9.76. The van der Waals surface area contributed by atoms with E-state index >= 15 is 0 Å². The largest absolute Gasteiger partial charge is 0.412 e. The second-order valence-corrected chi connectivity index (χ2v) is 0.0833. The van der Waals surface area contributed by atoms with Crippen molar-refractivity contribution in [2.45, 2.75) is 64.8 Å². The van der Waals surface area contributed by atoms with Gasteiger partial charge in [-0.2, -0.15) is 9.59 Å². The summed E-state index contributed by atoms with van der Waals surface area (Å²) in [6, 6.07) is 0. The first kappa shape index (κ1) is 91.4. The van der Waals surface area contributed by atoms with Crippen molar-refractivity contribution < 1.29 is 20.2 Å². The van der Waals surface area contributed by atoms with Crippen molar-refractivity contribution in [2.24, 2.45) is 0 Å². The third kappa shape index (κ3) is 40700. The highest BCUT2D eigenvalue weighted by Gasteiger charge is 1.13. The molecule has 1 unspecified atom stereocenters.